The minimum absolute atomic E-state index is 0.0980. The second-order valence-electron chi connectivity index (χ2n) is 8.78. The Morgan fingerprint density at radius 3 is 1.25 bits per heavy atom. The molecule has 0 spiro atoms. The third kappa shape index (κ3) is 14.2. The Bertz CT molecular complexity index is 547. The van der Waals surface area contributed by atoms with E-state index in [1.807, 2.05) is 0 Å². The number of nitrogens with zero attached hydrogens (tertiary/aromatic N) is 1. The molecule has 0 atom stereocenters. The third-order valence-corrected chi connectivity index (χ3v) is 5.94. The van der Waals surface area contributed by atoms with Crippen LogP contribution in [-0.4, -0.2) is 35.9 Å². The lowest BCUT2D eigenvalue weighted by atomic mass is 10.0. The predicted molar refractivity (Wildman–Crippen MR) is 122 cm³/mol. The van der Waals surface area contributed by atoms with E-state index in [4.69, 9.17) is 4.84 Å². The fraction of sp³-hybridized carbons (Fsp3) is 0.840. The first-order valence-corrected chi connectivity index (χ1v) is 12.7. The Morgan fingerprint density at radius 1 is 0.594 bits per heavy atom. The van der Waals surface area contributed by atoms with Gasteiger partial charge in [0.1, 0.15) is 0 Å². The number of amides is 2. The fourth-order valence-electron chi connectivity index (χ4n) is 3.92. The van der Waals surface area contributed by atoms with Gasteiger partial charge in [0.05, 0.1) is 7.11 Å². The van der Waals surface area contributed by atoms with Gasteiger partial charge in [0, 0.05) is 25.7 Å². The molecule has 0 radical (unpaired) electrons. The van der Waals surface area contributed by atoms with Gasteiger partial charge in [-0.2, -0.15) is 0 Å². The zero-order valence-electron chi connectivity index (χ0n) is 20.0. The first kappa shape index (κ1) is 28.1. The summed E-state index contributed by atoms with van der Waals surface area (Å²) in [7, 11) is 1.44. The molecule has 2 amide bonds. The molecule has 0 aromatic rings. The zero-order chi connectivity index (χ0) is 23.4. The summed E-state index contributed by atoms with van der Waals surface area (Å²) in [6.07, 6.45) is 20.1. The number of unbranched alkanes of at least 4 members (excludes halogenated alkanes) is 15. The highest BCUT2D eigenvalue weighted by atomic mass is 16.7. The topological polar surface area (TPSA) is 90.0 Å². The van der Waals surface area contributed by atoms with Crippen LogP contribution in [0.4, 0.5) is 0 Å². The molecule has 0 bridgehead atoms. The van der Waals surface area contributed by atoms with E-state index in [-0.39, 0.29) is 25.2 Å². The van der Waals surface area contributed by atoms with Crippen molar-refractivity contribution >= 4 is 23.8 Å². The maximum absolute atomic E-state index is 11.7. The molecule has 1 heterocycles. The van der Waals surface area contributed by atoms with Crippen molar-refractivity contribution < 1.29 is 28.8 Å². The van der Waals surface area contributed by atoms with E-state index < -0.39 is 17.8 Å². The van der Waals surface area contributed by atoms with E-state index >= 15 is 0 Å². The van der Waals surface area contributed by atoms with Gasteiger partial charge in [0.15, 0.2) is 0 Å². The monoisotopic (exact) mass is 453 g/mol. The molecule has 1 aliphatic heterocycles. The summed E-state index contributed by atoms with van der Waals surface area (Å²) in [5, 5.41) is 0.623. The van der Waals surface area contributed by atoms with Gasteiger partial charge in [-0.05, 0) is 12.8 Å². The van der Waals surface area contributed by atoms with E-state index in [2.05, 4.69) is 4.74 Å². The molecule has 184 valence electrons. The smallest absolute Gasteiger partial charge is 0.333 e. The van der Waals surface area contributed by atoms with Crippen LogP contribution in [0.1, 0.15) is 128 Å². The van der Waals surface area contributed by atoms with E-state index in [0.717, 1.165) is 32.1 Å². The van der Waals surface area contributed by atoms with Gasteiger partial charge in [-0.3, -0.25) is 14.4 Å². The molecule has 0 unspecified atom stereocenters. The van der Waals surface area contributed by atoms with Gasteiger partial charge < -0.3 is 9.57 Å². The van der Waals surface area contributed by atoms with Crippen LogP contribution in [-0.2, 0) is 28.8 Å². The van der Waals surface area contributed by atoms with Crippen molar-refractivity contribution in [3.8, 4) is 0 Å². The molecule has 7 heteroatoms. The fourth-order valence-corrected chi connectivity index (χ4v) is 3.92. The molecule has 32 heavy (non-hydrogen) atoms. The Morgan fingerprint density at radius 2 is 0.906 bits per heavy atom. The van der Waals surface area contributed by atoms with E-state index in [9.17, 15) is 19.2 Å². The number of hydroxylamine groups is 2. The number of carbonyl (C=O) groups is 4. The second-order valence-corrected chi connectivity index (χ2v) is 8.78. The van der Waals surface area contributed by atoms with Gasteiger partial charge in [0.25, 0.3) is 11.8 Å². The number of imide groups is 1. The largest absolute Gasteiger partial charge is 0.469 e. The van der Waals surface area contributed by atoms with Crippen molar-refractivity contribution in [3.05, 3.63) is 0 Å². The summed E-state index contributed by atoms with van der Waals surface area (Å²) in [5.74, 6) is -1.44. The first-order chi connectivity index (χ1) is 15.5. The first-order valence-electron chi connectivity index (χ1n) is 12.7. The van der Waals surface area contributed by atoms with Crippen LogP contribution < -0.4 is 0 Å². The van der Waals surface area contributed by atoms with Crippen LogP contribution in [0.15, 0.2) is 0 Å². The van der Waals surface area contributed by atoms with Crippen LogP contribution in [0, 0.1) is 0 Å². The third-order valence-electron chi connectivity index (χ3n) is 5.94. The van der Waals surface area contributed by atoms with Crippen molar-refractivity contribution in [2.24, 2.45) is 0 Å². The Hall–Kier alpha value is -1.92. The lowest BCUT2D eigenvalue weighted by Crippen LogP contribution is -2.31. The van der Waals surface area contributed by atoms with Crippen molar-refractivity contribution in [3.63, 3.8) is 0 Å². The highest BCUT2D eigenvalue weighted by Gasteiger charge is 2.32. The van der Waals surface area contributed by atoms with Gasteiger partial charge >= 0.3 is 11.9 Å². The normalized spacial score (nSPS) is 13.6. The number of ether oxygens (including phenoxy) is 1. The van der Waals surface area contributed by atoms with Gasteiger partial charge in [-0.25, -0.2) is 4.79 Å². The number of esters is 1. The molecule has 0 N–H and O–H groups in total. The number of hydrogen-bond donors (Lipinski definition) is 0. The molecule has 0 aliphatic carbocycles. The summed E-state index contributed by atoms with van der Waals surface area (Å²) >= 11 is 0. The average Bonchev–Trinajstić information content (AvgIpc) is 3.10. The summed E-state index contributed by atoms with van der Waals surface area (Å²) in [6.45, 7) is 0. The van der Waals surface area contributed by atoms with Crippen molar-refractivity contribution in [2.75, 3.05) is 7.11 Å². The van der Waals surface area contributed by atoms with Crippen LogP contribution in [0.3, 0.4) is 0 Å². The van der Waals surface area contributed by atoms with E-state index in [1.54, 1.807) is 0 Å². The van der Waals surface area contributed by atoms with Gasteiger partial charge in [-0.1, -0.05) is 89.9 Å². The lowest BCUT2D eigenvalue weighted by molar-refractivity contribution is -0.197. The Balaban J connectivity index is 1.76. The molecule has 7 nitrogen and oxygen atoms in total. The number of hydrogen-bond acceptors (Lipinski definition) is 6. The molecule has 1 fully saturated rings. The molecule has 0 aromatic carbocycles. The van der Waals surface area contributed by atoms with Crippen LogP contribution in [0.25, 0.3) is 0 Å². The Kier molecular flexibility index (Phi) is 16.4. The number of carbonyl (C=O) groups excluding carboxylic acids is 4. The quantitative estimate of drug-likeness (QED) is 0.132. The number of methoxy groups -OCH3 is 1. The van der Waals surface area contributed by atoms with Crippen molar-refractivity contribution in [1.82, 2.24) is 5.06 Å². The maximum atomic E-state index is 11.7. The summed E-state index contributed by atoms with van der Waals surface area (Å²) in [4.78, 5) is 50.3. The van der Waals surface area contributed by atoms with E-state index in [1.165, 1.54) is 77.7 Å². The lowest BCUT2D eigenvalue weighted by Gasteiger charge is -2.12. The van der Waals surface area contributed by atoms with Crippen molar-refractivity contribution in [2.45, 2.75) is 128 Å². The highest BCUT2D eigenvalue weighted by Crippen LogP contribution is 2.16. The Labute approximate surface area is 193 Å². The minimum atomic E-state index is -0.493. The highest BCUT2D eigenvalue weighted by molar-refractivity contribution is 6.01. The van der Waals surface area contributed by atoms with Crippen LogP contribution in [0.5, 0.6) is 0 Å². The van der Waals surface area contributed by atoms with Crippen molar-refractivity contribution in [1.29, 1.82) is 0 Å². The second kappa shape index (κ2) is 18.6. The molecule has 1 saturated heterocycles. The minimum Gasteiger partial charge on any atom is -0.469 e. The van der Waals surface area contributed by atoms with Crippen LogP contribution >= 0.6 is 0 Å². The average molecular weight is 454 g/mol. The SMILES string of the molecule is COC(=O)CCCCCCCCCCCCCCCCCCC(=O)ON1C(=O)CCC1=O. The predicted octanol–water partition coefficient (Wildman–Crippen LogP) is 5.79. The van der Waals surface area contributed by atoms with Gasteiger partial charge in [-0.15, -0.1) is 5.06 Å². The maximum Gasteiger partial charge on any atom is 0.333 e. The molecule has 0 saturated carbocycles. The summed E-state index contributed by atoms with van der Waals surface area (Å²) < 4.78 is 4.64. The molecular formula is C25H43NO6. The molecule has 1 aliphatic rings. The molecular weight excluding hydrogens is 410 g/mol. The number of rotatable bonds is 20. The molecule has 1 rings (SSSR count). The summed E-state index contributed by atoms with van der Waals surface area (Å²) in [6, 6.07) is 0. The van der Waals surface area contributed by atoms with E-state index in [0.29, 0.717) is 11.5 Å². The van der Waals surface area contributed by atoms with Crippen LogP contribution in [0.2, 0.25) is 0 Å². The standard InChI is InChI=1S/C25H43NO6/c1-31-24(29)18-16-14-12-10-8-6-4-2-3-5-7-9-11-13-15-17-19-25(30)32-26-22(27)20-21-23(26)28/h2-21H2,1H3. The van der Waals surface area contributed by atoms with Gasteiger partial charge in [0.2, 0.25) is 0 Å². The molecule has 0 aromatic heterocycles. The summed E-state index contributed by atoms with van der Waals surface area (Å²) in [5.41, 5.74) is 0. The zero-order valence-corrected chi connectivity index (χ0v) is 20.0.